The lowest BCUT2D eigenvalue weighted by atomic mass is 10.1. The summed E-state index contributed by atoms with van der Waals surface area (Å²) in [4.78, 5) is 15.2. The number of hydrogen-bond donors (Lipinski definition) is 0. The summed E-state index contributed by atoms with van der Waals surface area (Å²) in [7, 11) is 0. The Kier molecular flexibility index (Phi) is 4.20. The van der Waals surface area contributed by atoms with Gasteiger partial charge in [-0.2, -0.15) is 5.26 Å². The van der Waals surface area contributed by atoms with Crippen LogP contribution in [0.4, 0.5) is 11.4 Å². The molecule has 0 atom stereocenters. The van der Waals surface area contributed by atoms with Crippen LogP contribution in [0.5, 0.6) is 0 Å². The molecule has 1 aromatic rings. The zero-order valence-electron chi connectivity index (χ0n) is 11.8. The molecule has 0 N–H and O–H groups in total. The first-order valence-corrected chi connectivity index (χ1v) is 6.73. The van der Waals surface area contributed by atoms with E-state index in [-0.39, 0.29) is 5.69 Å². The minimum Gasteiger partial charge on any atom is -0.369 e. The fourth-order valence-corrected chi connectivity index (χ4v) is 2.57. The maximum Gasteiger partial charge on any atom is 0.275 e. The van der Waals surface area contributed by atoms with E-state index in [1.807, 2.05) is 6.07 Å². The van der Waals surface area contributed by atoms with Crippen LogP contribution in [0.2, 0.25) is 0 Å². The predicted octanol–water partition coefficient (Wildman–Crippen LogP) is 1.92. The van der Waals surface area contributed by atoms with Crippen molar-refractivity contribution in [1.29, 1.82) is 5.26 Å². The van der Waals surface area contributed by atoms with Crippen molar-refractivity contribution in [2.24, 2.45) is 0 Å². The lowest BCUT2D eigenvalue weighted by Gasteiger charge is -2.36. The Balaban J connectivity index is 2.34. The van der Waals surface area contributed by atoms with Crippen LogP contribution >= 0.6 is 0 Å². The summed E-state index contributed by atoms with van der Waals surface area (Å²) in [6.07, 6.45) is 0. The van der Waals surface area contributed by atoms with Crippen molar-refractivity contribution in [3.63, 3.8) is 0 Å². The molecule has 1 aromatic carbocycles. The molecule has 0 bridgehead atoms. The Morgan fingerprint density at radius 1 is 1.35 bits per heavy atom. The van der Waals surface area contributed by atoms with Gasteiger partial charge in [0.25, 0.3) is 5.69 Å². The van der Waals surface area contributed by atoms with Crippen molar-refractivity contribution in [1.82, 2.24) is 4.90 Å². The molecule has 106 valence electrons. The van der Waals surface area contributed by atoms with Crippen LogP contribution in [0.3, 0.4) is 0 Å². The molecule has 0 amide bonds. The Bertz CT molecular complexity index is 557. The van der Waals surface area contributed by atoms with Gasteiger partial charge in [0.1, 0.15) is 0 Å². The Morgan fingerprint density at radius 2 is 2.00 bits per heavy atom. The number of likely N-dealkylation sites (N-methyl/N-ethyl adjacent to an activating group) is 1. The third-order valence-corrected chi connectivity index (χ3v) is 3.84. The third kappa shape index (κ3) is 2.73. The molecule has 1 fully saturated rings. The number of nitro groups is 1. The van der Waals surface area contributed by atoms with Crippen molar-refractivity contribution >= 4 is 11.4 Å². The van der Waals surface area contributed by atoms with Crippen molar-refractivity contribution in [2.75, 3.05) is 37.6 Å². The fourth-order valence-electron chi connectivity index (χ4n) is 2.57. The normalized spacial score (nSPS) is 15.9. The summed E-state index contributed by atoms with van der Waals surface area (Å²) >= 11 is 0. The minimum atomic E-state index is -0.415. The lowest BCUT2D eigenvalue weighted by molar-refractivity contribution is -0.385. The smallest absolute Gasteiger partial charge is 0.275 e. The zero-order chi connectivity index (χ0) is 14.7. The second-order valence-electron chi connectivity index (χ2n) is 4.93. The molecule has 1 aliphatic heterocycles. The van der Waals surface area contributed by atoms with Gasteiger partial charge in [0.15, 0.2) is 0 Å². The molecule has 20 heavy (non-hydrogen) atoms. The minimum absolute atomic E-state index is 0.0250. The van der Waals surface area contributed by atoms with Crippen molar-refractivity contribution in [3.05, 3.63) is 33.4 Å². The topological polar surface area (TPSA) is 73.4 Å². The predicted molar refractivity (Wildman–Crippen MR) is 76.9 cm³/mol. The number of anilines is 1. The summed E-state index contributed by atoms with van der Waals surface area (Å²) in [5.41, 5.74) is 1.82. The van der Waals surface area contributed by atoms with E-state index in [4.69, 9.17) is 5.26 Å². The molecular formula is C14H18N4O2. The highest BCUT2D eigenvalue weighted by molar-refractivity contribution is 5.65. The first-order chi connectivity index (χ1) is 9.56. The van der Waals surface area contributed by atoms with E-state index in [0.717, 1.165) is 38.4 Å². The van der Waals surface area contributed by atoms with Gasteiger partial charge in [-0.25, -0.2) is 0 Å². The number of piperazine rings is 1. The van der Waals surface area contributed by atoms with Crippen LogP contribution in [-0.2, 0) is 0 Å². The van der Waals surface area contributed by atoms with E-state index in [9.17, 15) is 10.1 Å². The highest BCUT2D eigenvalue weighted by atomic mass is 16.6. The number of nitriles is 1. The quantitative estimate of drug-likeness (QED) is 0.622. The molecule has 1 aliphatic rings. The maximum absolute atomic E-state index is 11.1. The molecule has 0 radical (unpaired) electrons. The van der Waals surface area contributed by atoms with Crippen LogP contribution < -0.4 is 4.90 Å². The first kappa shape index (κ1) is 14.3. The van der Waals surface area contributed by atoms with Crippen LogP contribution in [0.15, 0.2) is 12.1 Å². The molecule has 2 rings (SSSR count). The van der Waals surface area contributed by atoms with Gasteiger partial charge in [-0.15, -0.1) is 0 Å². The van der Waals surface area contributed by atoms with Gasteiger partial charge in [-0.3, -0.25) is 10.1 Å². The van der Waals surface area contributed by atoms with E-state index < -0.39 is 4.92 Å². The molecule has 6 nitrogen and oxygen atoms in total. The maximum atomic E-state index is 11.1. The zero-order valence-corrected chi connectivity index (χ0v) is 11.8. The Morgan fingerprint density at radius 3 is 2.50 bits per heavy atom. The van der Waals surface area contributed by atoms with Crippen LogP contribution in [0.1, 0.15) is 18.1 Å². The standard InChI is InChI=1S/C14H18N4O2/c1-3-16-4-6-17(7-5-16)13-8-12(10-15)9-14(11(13)2)18(19)20/h8-9H,3-7H2,1-2H3. The number of hydrogen-bond acceptors (Lipinski definition) is 5. The van der Waals surface area contributed by atoms with E-state index in [1.165, 1.54) is 6.07 Å². The molecule has 0 saturated carbocycles. The van der Waals surface area contributed by atoms with E-state index in [1.54, 1.807) is 13.0 Å². The molecule has 0 unspecified atom stereocenters. The van der Waals surface area contributed by atoms with Gasteiger partial charge in [0.2, 0.25) is 0 Å². The second kappa shape index (κ2) is 5.88. The van der Waals surface area contributed by atoms with Gasteiger partial charge in [0.05, 0.1) is 22.1 Å². The number of nitro benzene ring substituents is 1. The van der Waals surface area contributed by atoms with Gasteiger partial charge in [0, 0.05) is 37.9 Å². The van der Waals surface area contributed by atoms with Crippen molar-refractivity contribution in [2.45, 2.75) is 13.8 Å². The van der Waals surface area contributed by atoms with Crippen LogP contribution in [0, 0.1) is 28.4 Å². The third-order valence-electron chi connectivity index (χ3n) is 3.84. The Labute approximate surface area is 118 Å². The molecule has 0 aliphatic carbocycles. The van der Waals surface area contributed by atoms with Gasteiger partial charge in [-0.1, -0.05) is 6.92 Å². The number of rotatable bonds is 3. The fraction of sp³-hybridized carbons (Fsp3) is 0.500. The lowest BCUT2D eigenvalue weighted by Crippen LogP contribution is -2.46. The summed E-state index contributed by atoms with van der Waals surface area (Å²) < 4.78 is 0. The van der Waals surface area contributed by atoms with Gasteiger partial charge >= 0.3 is 0 Å². The monoisotopic (exact) mass is 274 g/mol. The van der Waals surface area contributed by atoms with Gasteiger partial charge in [-0.05, 0) is 19.5 Å². The molecule has 0 aromatic heterocycles. The number of benzene rings is 1. The molecular weight excluding hydrogens is 256 g/mol. The highest BCUT2D eigenvalue weighted by Crippen LogP contribution is 2.30. The second-order valence-corrected chi connectivity index (χ2v) is 4.93. The molecule has 1 heterocycles. The van der Waals surface area contributed by atoms with E-state index in [0.29, 0.717) is 11.1 Å². The Hall–Kier alpha value is -2.13. The average Bonchev–Trinajstić information content (AvgIpc) is 2.47. The summed E-state index contributed by atoms with van der Waals surface area (Å²) in [6.45, 7) is 8.45. The molecule has 6 heteroatoms. The van der Waals surface area contributed by atoms with Gasteiger partial charge < -0.3 is 9.80 Å². The first-order valence-electron chi connectivity index (χ1n) is 6.73. The van der Waals surface area contributed by atoms with Crippen molar-refractivity contribution in [3.8, 4) is 6.07 Å². The van der Waals surface area contributed by atoms with Crippen LogP contribution in [-0.4, -0.2) is 42.5 Å². The SMILES string of the molecule is CCN1CCN(c2cc(C#N)cc([N+](=O)[O-])c2C)CC1. The van der Waals surface area contributed by atoms with Crippen LogP contribution in [0.25, 0.3) is 0 Å². The largest absolute Gasteiger partial charge is 0.369 e. The van der Waals surface area contributed by atoms with Crippen molar-refractivity contribution < 1.29 is 4.92 Å². The number of nitrogens with zero attached hydrogens (tertiary/aromatic N) is 4. The summed E-state index contributed by atoms with van der Waals surface area (Å²) in [5.74, 6) is 0. The molecule has 1 saturated heterocycles. The highest BCUT2D eigenvalue weighted by Gasteiger charge is 2.22. The average molecular weight is 274 g/mol. The van der Waals surface area contributed by atoms with E-state index in [2.05, 4.69) is 16.7 Å². The summed E-state index contributed by atoms with van der Waals surface area (Å²) in [5, 5.41) is 20.1. The molecule has 0 spiro atoms. The summed E-state index contributed by atoms with van der Waals surface area (Å²) in [6, 6.07) is 5.11. The van der Waals surface area contributed by atoms with E-state index >= 15 is 0 Å².